The highest BCUT2D eigenvalue weighted by Gasteiger charge is 2.54. The number of hydrogen-bond donors (Lipinski definition) is 20. The third-order valence-electron chi connectivity index (χ3n) is 12.7. The van der Waals surface area contributed by atoms with Crippen LogP contribution in [0.1, 0.15) is 40.0 Å². The molecule has 4 fully saturated rings. The number of unbranched alkanes of at least 4 members (excludes halogenated alkanes) is 1. The normalized spacial score (nSPS) is 37.8. The van der Waals surface area contributed by atoms with Crippen molar-refractivity contribution >= 4 is 39.7 Å². The molecule has 4 aliphatic heterocycles. The van der Waals surface area contributed by atoms with Crippen LogP contribution in [0.2, 0.25) is 0 Å². The second-order valence-corrected chi connectivity index (χ2v) is 21.1. The number of amides is 3. The quantitative estimate of drug-likeness (QED) is 0.0196. The molecule has 4 rings (SSSR count). The molecule has 454 valence electrons. The maximum Gasteiger partial charge on any atom is 0.469 e. The first-order valence-corrected chi connectivity index (χ1v) is 27.1. The molecule has 36 nitrogen and oxygen atoms in total. The number of phosphoric acid groups is 2. The van der Waals surface area contributed by atoms with Gasteiger partial charge in [0.15, 0.2) is 25.2 Å². The number of aldehydes is 1. The van der Waals surface area contributed by atoms with E-state index < -0.39 is 213 Å². The van der Waals surface area contributed by atoms with Gasteiger partial charge in [-0.3, -0.25) is 23.4 Å². The van der Waals surface area contributed by atoms with Gasteiger partial charge in [-0.15, -0.1) is 0 Å². The first-order chi connectivity index (χ1) is 36.4. The highest BCUT2D eigenvalue weighted by Crippen LogP contribution is 2.39. The summed E-state index contributed by atoms with van der Waals surface area (Å²) in [6.45, 7) is -0.601. The van der Waals surface area contributed by atoms with E-state index in [2.05, 4.69) is 25.0 Å². The molecule has 4 heterocycles. The van der Waals surface area contributed by atoms with Crippen LogP contribution in [0, 0.1) is 0 Å². The van der Waals surface area contributed by atoms with Crippen molar-refractivity contribution in [3.05, 3.63) is 0 Å². The first kappa shape index (κ1) is 68.0. The fraction of sp³-hybridized carbons (Fsp3) is 0.900. The van der Waals surface area contributed by atoms with Gasteiger partial charge in [0.2, 0.25) is 17.7 Å². The Hall–Kier alpha value is -2.54. The van der Waals surface area contributed by atoms with Gasteiger partial charge in [-0.1, -0.05) is 0 Å². The van der Waals surface area contributed by atoms with E-state index >= 15 is 0 Å². The molecule has 25 atom stereocenters. The van der Waals surface area contributed by atoms with Crippen LogP contribution in [0.15, 0.2) is 0 Å². The Kier molecular flexibility index (Phi) is 26.3. The molecule has 21 N–H and O–H groups in total. The Bertz CT molecular complexity index is 2010. The molecule has 4 aliphatic rings. The zero-order valence-electron chi connectivity index (χ0n) is 41.8. The van der Waals surface area contributed by atoms with Gasteiger partial charge in [0, 0.05) is 6.92 Å². The minimum atomic E-state index is -5.18. The van der Waals surface area contributed by atoms with E-state index in [-0.39, 0.29) is 32.1 Å². The van der Waals surface area contributed by atoms with Crippen molar-refractivity contribution in [3.63, 3.8) is 0 Å². The number of aliphatic hydroxyl groups excluding tert-OH is 12. The van der Waals surface area contributed by atoms with Gasteiger partial charge in [0.05, 0.1) is 38.6 Å². The van der Waals surface area contributed by atoms with E-state index in [0.717, 1.165) is 6.92 Å². The lowest BCUT2D eigenvalue weighted by Crippen LogP contribution is -2.65. The van der Waals surface area contributed by atoms with Crippen LogP contribution in [0.3, 0.4) is 0 Å². The van der Waals surface area contributed by atoms with Gasteiger partial charge in [-0.05, 0) is 39.7 Å². The molecule has 8 unspecified atom stereocenters. The predicted octanol–water partition coefficient (Wildman–Crippen LogP) is -10.9. The predicted molar refractivity (Wildman–Crippen MR) is 246 cm³/mol. The van der Waals surface area contributed by atoms with Crippen LogP contribution in [0.5, 0.6) is 0 Å². The topological polar surface area (TPSA) is 581 Å². The van der Waals surface area contributed by atoms with Crippen LogP contribution in [0.4, 0.5) is 0 Å². The molecule has 3 amide bonds. The summed E-state index contributed by atoms with van der Waals surface area (Å²) in [4.78, 5) is 90.0. The third-order valence-corrected chi connectivity index (χ3v) is 13.7. The molecule has 0 bridgehead atoms. The highest BCUT2D eigenvalue weighted by atomic mass is 31.2. The number of rotatable bonds is 28. The Morgan fingerprint density at radius 2 is 0.974 bits per heavy atom. The molecule has 0 aromatic carbocycles. The van der Waals surface area contributed by atoms with E-state index in [1.807, 2.05) is 0 Å². The average Bonchev–Trinajstić information content (AvgIpc) is 3.37. The lowest BCUT2D eigenvalue weighted by atomic mass is 9.97. The summed E-state index contributed by atoms with van der Waals surface area (Å²) in [5.74, 6) is -3.09. The van der Waals surface area contributed by atoms with Crippen molar-refractivity contribution < 1.29 is 156 Å². The molecule has 0 spiro atoms. The van der Waals surface area contributed by atoms with Crippen LogP contribution in [0.25, 0.3) is 0 Å². The number of aliphatic hydroxyl groups is 12. The number of phosphoric ester groups is 2. The number of hydrogen-bond acceptors (Lipinski definition) is 29. The number of ether oxygens (including phenoxy) is 8. The second-order valence-electron chi connectivity index (χ2n) is 18.6. The Morgan fingerprint density at radius 3 is 1.36 bits per heavy atom. The zero-order chi connectivity index (χ0) is 58.7. The molecule has 0 saturated carbocycles. The van der Waals surface area contributed by atoms with Crippen LogP contribution in [-0.2, 0) is 75.3 Å². The Morgan fingerprint density at radius 1 is 0.564 bits per heavy atom. The van der Waals surface area contributed by atoms with Gasteiger partial charge < -0.3 is 145 Å². The number of nitrogens with two attached hydrogens (primary N) is 1. The van der Waals surface area contributed by atoms with Crippen molar-refractivity contribution in [2.45, 2.75) is 193 Å². The van der Waals surface area contributed by atoms with Crippen LogP contribution >= 0.6 is 15.6 Å². The van der Waals surface area contributed by atoms with Crippen molar-refractivity contribution in [3.8, 4) is 0 Å². The summed E-state index contributed by atoms with van der Waals surface area (Å²) in [5, 5.41) is 134. The van der Waals surface area contributed by atoms with E-state index in [0.29, 0.717) is 0 Å². The second kappa shape index (κ2) is 30.1. The number of carbonyl (C=O) groups excluding carboxylic acids is 4. The summed E-state index contributed by atoms with van der Waals surface area (Å²) in [7, 11) is -10.4. The lowest BCUT2D eigenvalue weighted by Gasteiger charge is -2.46. The summed E-state index contributed by atoms with van der Waals surface area (Å²) in [6, 6.07) is -5.09. The standard InChI is InChI=1S/C40H72N4O32P2/c1-13(69-39-33(29(55)23(49)18(9-46)71-39)75-37-31(57)27(53)25(51)20(73-37)11-67-77(61,62)63)17(8-45)44-35(59)16(6-4-5-7-41)43-36(60)22(42-15(3)48)14(2)70-40-34(30(56)24(50)19(10-47)72-40)76-38-32(58)28(54)26(52)21(74-38)12-68-78(64,65)66/h8,13-14,16-34,37-40,46-47,49-58H,4-7,9-12,41H2,1-3H3,(H,42,48)(H,43,60)(H,44,59)(H2,61,62,63)(H2,64,65,66)/t13-,14-,16+,17-,18?,19?,20?,21?,22+,23+,24+,25+,26+,27+,28+,29+,30+,31-,32-,33-,34-,37?,38?,39?,40?/m1/s1. The van der Waals surface area contributed by atoms with Gasteiger partial charge in [-0.2, -0.15) is 0 Å². The fourth-order valence-corrected chi connectivity index (χ4v) is 9.04. The van der Waals surface area contributed by atoms with Crippen molar-refractivity contribution in [2.75, 3.05) is 33.0 Å². The first-order valence-electron chi connectivity index (χ1n) is 24.1. The minimum absolute atomic E-state index is 0.109. The van der Waals surface area contributed by atoms with Crippen LogP contribution < -0.4 is 21.7 Å². The Labute approximate surface area is 443 Å². The third kappa shape index (κ3) is 18.5. The van der Waals surface area contributed by atoms with Crippen molar-refractivity contribution in [1.82, 2.24) is 16.0 Å². The molecule has 38 heteroatoms. The maximum absolute atomic E-state index is 14.2. The smallest absolute Gasteiger partial charge is 0.394 e. The highest BCUT2D eigenvalue weighted by molar-refractivity contribution is 7.46. The summed E-state index contributed by atoms with van der Waals surface area (Å²) < 4.78 is 76.4. The Balaban J connectivity index is 1.55. The number of nitrogens with one attached hydrogen (secondary N) is 3. The minimum Gasteiger partial charge on any atom is -0.394 e. The molecular formula is C40H72N4O32P2. The molecule has 4 saturated heterocycles. The summed E-state index contributed by atoms with van der Waals surface area (Å²) >= 11 is 0. The summed E-state index contributed by atoms with van der Waals surface area (Å²) in [5.41, 5.74) is 5.67. The van der Waals surface area contributed by atoms with Gasteiger partial charge in [0.1, 0.15) is 122 Å². The largest absolute Gasteiger partial charge is 0.469 e. The van der Waals surface area contributed by atoms with E-state index in [1.54, 1.807) is 0 Å². The van der Waals surface area contributed by atoms with E-state index in [4.69, 9.17) is 63.2 Å². The maximum atomic E-state index is 14.2. The van der Waals surface area contributed by atoms with Crippen LogP contribution in [-0.4, -0.2) is 291 Å². The fourth-order valence-electron chi connectivity index (χ4n) is 8.36. The SMILES string of the molecule is CC(=O)N[C@H](C(=O)N[C@@H](CCCCN)C(=O)N[C@H](C=O)[C@@H](C)OC1OC(CO)[C@H](O)[C@H](O)[C@H]1OC1OC(COP(=O)(O)O)[C@H](O)[C@H](O)[C@H]1O)[C@@H](C)OC1OC(CO)[C@H](O)[C@H](O)[C@H]1OC1OC(COP(=O)(O)O)[C@H](O)[C@H](O)[C@H]1O. The van der Waals surface area contributed by atoms with E-state index in [9.17, 15) is 89.6 Å². The van der Waals surface area contributed by atoms with Gasteiger partial charge in [0.25, 0.3) is 0 Å². The van der Waals surface area contributed by atoms with Crippen molar-refractivity contribution in [2.24, 2.45) is 5.73 Å². The molecule has 0 aromatic rings. The van der Waals surface area contributed by atoms with Gasteiger partial charge in [-0.25, -0.2) is 9.13 Å². The monoisotopic (exact) mass is 1180 g/mol. The van der Waals surface area contributed by atoms with Gasteiger partial charge >= 0.3 is 15.6 Å². The molecule has 0 aromatic heterocycles. The average molecular weight is 1180 g/mol. The number of carbonyl (C=O) groups is 4. The molecule has 0 radical (unpaired) electrons. The van der Waals surface area contributed by atoms with Crippen molar-refractivity contribution in [1.29, 1.82) is 0 Å². The molecule has 0 aliphatic carbocycles. The zero-order valence-corrected chi connectivity index (χ0v) is 43.6. The molecule has 78 heavy (non-hydrogen) atoms. The van der Waals surface area contributed by atoms with E-state index in [1.165, 1.54) is 13.8 Å². The molecular weight excluding hydrogens is 1110 g/mol. The summed E-state index contributed by atoms with van der Waals surface area (Å²) in [6.07, 6.45) is -42.5. The lowest BCUT2D eigenvalue weighted by molar-refractivity contribution is -0.371.